The van der Waals surface area contributed by atoms with Gasteiger partial charge in [-0.25, -0.2) is 0 Å². The van der Waals surface area contributed by atoms with Gasteiger partial charge < -0.3 is 19.7 Å². The highest BCUT2D eigenvalue weighted by molar-refractivity contribution is 5.93. The van der Waals surface area contributed by atoms with E-state index in [9.17, 15) is 9.59 Å². The molecule has 1 atom stereocenters. The van der Waals surface area contributed by atoms with Gasteiger partial charge in [0, 0.05) is 35.8 Å². The Bertz CT molecular complexity index is 937. The van der Waals surface area contributed by atoms with Crippen LogP contribution in [0.1, 0.15) is 43.7 Å². The predicted octanol–water partition coefficient (Wildman–Crippen LogP) is 4.13. The Balaban J connectivity index is 1.56. The molecule has 0 bridgehead atoms. The van der Waals surface area contributed by atoms with Gasteiger partial charge in [0.25, 0.3) is 5.91 Å². The summed E-state index contributed by atoms with van der Waals surface area (Å²) in [6.07, 6.45) is 3.57. The van der Waals surface area contributed by atoms with Crippen molar-refractivity contribution in [2.24, 2.45) is 5.92 Å². The van der Waals surface area contributed by atoms with Gasteiger partial charge in [0.1, 0.15) is 11.5 Å². The predicted molar refractivity (Wildman–Crippen MR) is 114 cm³/mol. The summed E-state index contributed by atoms with van der Waals surface area (Å²) in [5.74, 6) is 1.54. The quantitative estimate of drug-likeness (QED) is 0.808. The van der Waals surface area contributed by atoms with E-state index in [1.807, 2.05) is 42.5 Å². The Morgan fingerprint density at radius 1 is 1.20 bits per heavy atom. The summed E-state index contributed by atoms with van der Waals surface area (Å²) in [5.41, 5.74) is 2.56. The van der Waals surface area contributed by atoms with Crippen LogP contribution in [-0.4, -0.2) is 29.9 Å². The number of nitrogens with one attached hydrogen (secondary N) is 1. The highest BCUT2D eigenvalue weighted by Crippen LogP contribution is 2.31. The number of benzene rings is 2. The van der Waals surface area contributed by atoms with E-state index >= 15 is 0 Å². The van der Waals surface area contributed by atoms with Crippen molar-refractivity contribution in [1.82, 2.24) is 4.90 Å². The van der Waals surface area contributed by atoms with Crippen LogP contribution in [0.4, 0.5) is 5.69 Å². The summed E-state index contributed by atoms with van der Waals surface area (Å²) in [6.45, 7) is 2.60. The number of para-hydroxylation sites is 1. The van der Waals surface area contributed by atoms with E-state index in [1.165, 1.54) is 0 Å². The lowest BCUT2D eigenvalue weighted by Crippen LogP contribution is -2.37. The fourth-order valence-corrected chi connectivity index (χ4v) is 4.28. The summed E-state index contributed by atoms with van der Waals surface area (Å²) in [6, 6.07) is 13.3. The fraction of sp³-hybridized carbons (Fsp3) is 0.417. The molecular weight excluding hydrogens is 380 g/mol. The fourth-order valence-electron chi connectivity index (χ4n) is 4.28. The molecular formula is C24H28N2O4. The SMILES string of the molecule is COc1ccccc1CN1Cc2cc(NC(=O)C3CCCC3)ccc2O[C@@H](C)C1=O. The largest absolute Gasteiger partial charge is 0.496 e. The highest BCUT2D eigenvalue weighted by atomic mass is 16.5. The first-order valence-electron chi connectivity index (χ1n) is 10.6. The second kappa shape index (κ2) is 8.78. The van der Waals surface area contributed by atoms with E-state index in [2.05, 4.69) is 5.32 Å². The monoisotopic (exact) mass is 408 g/mol. The first kappa shape index (κ1) is 20.3. The lowest BCUT2D eigenvalue weighted by molar-refractivity contribution is -0.138. The van der Waals surface area contributed by atoms with E-state index in [4.69, 9.17) is 9.47 Å². The number of anilines is 1. The summed E-state index contributed by atoms with van der Waals surface area (Å²) in [7, 11) is 1.63. The van der Waals surface area contributed by atoms with Gasteiger partial charge in [-0.1, -0.05) is 31.0 Å². The zero-order valence-electron chi connectivity index (χ0n) is 17.5. The van der Waals surface area contributed by atoms with Crippen molar-refractivity contribution in [1.29, 1.82) is 0 Å². The van der Waals surface area contributed by atoms with E-state index in [-0.39, 0.29) is 17.7 Å². The normalized spacial score (nSPS) is 19.1. The zero-order valence-corrected chi connectivity index (χ0v) is 17.5. The van der Waals surface area contributed by atoms with Crippen LogP contribution >= 0.6 is 0 Å². The molecule has 6 heteroatoms. The van der Waals surface area contributed by atoms with Crippen molar-refractivity contribution in [3.05, 3.63) is 53.6 Å². The Labute approximate surface area is 177 Å². The molecule has 1 saturated carbocycles. The number of fused-ring (bicyclic) bond motifs is 1. The molecule has 2 aromatic carbocycles. The molecule has 1 aliphatic carbocycles. The minimum absolute atomic E-state index is 0.0753. The molecule has 4 rings (SSSR count). The van der Waals surface area contributed by atoms with Gasteiger partial charge in [0.15, 0.2) is 6.10 Å². The van der Waals surface area contributed by atoms with Gasteiger partial charge in [-0.15, -0.1) is 0 Å². The average Bonchev–Trinajstić information content (AvgIpc) is 3.26. The molecule has 0 radical (unpaired) electrons. The summed E-state index contributed by atoms with van der Waals surface area (Å²) in [4.78, 5) is 27.2. The Morgan fingerprint density at radius 2 is 1.97 bits per heavy atom. The molecule has 1 aliphatic heterocycles. The number of nitrogens with zero attached hydrogens (tertiary/aromatic N) is 1. The minimum atomic E-state index is -0.583. The number of carbonyl (C=O) groups is 2. The van der Waals surface area contributed by atoms with Crippen molar-refractivity contribution in [2.45, 2.75) is 51.8 Å². The van der Waals surface area contributed by atoms with Crippen LogP contribution in [0.15, 0.2) is 42.5 Å². The van der Waals surface area contributed by atoms with E-state index < -0.39 is 6.10 Å². The van der Waals surface area contributed by atoms with Crippen LogP contribution < -0.4 is 14.8 Å². The van der Waals surface area contributed by atoms with Crippen LogP contribution in [0.5, 0.6) is 11.5 Å². The molecule has 0 spiro atoms. The number of hydrogen-bond donors (Lipinski definition) is 1. The van der Waals surface area contributed by atoms with Crippen molar-refractivity contribution < 1.29 is 19.1 Å². The third kappa shape index (κ3) is 4.27. The Hall–Kier alpha value is -3.02. The summed E-state index contributed by atoms with van der Waals surface area (Å²) in [5, 5.41) is 3.04. The lowest BCUT2D eigenvalue weighted by Gasteiger charge is -2.23. The summed E-state index contributed by atoms with van der Waals surface area (Å²) >= 11 is 0. The number of carbonyl (C=O) groups excluding carboxylic acids is 2. The number of rotatable bonds is 5. The molecule has 2 aromatic rings. The number of hydrogen-bond acceptors (Lipinski definition) is 4. The lowest BCUT2D eigenvalue weighted by atomic mass is 10.1. The number of methoxy groups -OCH3 is 1. The second-order valence-corrected chi connectivity index (χ2v) is 8.06. The highest BCUT2D eigenvalue weighted by Gasteiger charge is 2.29. The Kier molecular flexibility index (Phi) is 5.93. The van der Waals surface area contributed by atoms with Gasteiger partial charge >= 0.3 is 0 Å². The summed E-state index contributed by atoms with van der Waals surface area (Å²) < 4.78 is 11.4. The molecule has 0 unspecified atom stereocenters. The van der Waals surface area contributed by atoms with E-state index in [0.717, 1.165) is 48.2 Å². The molecule has 6 nitrogen and oxygen atoms in total. The third-order valence-electron chi connectivity index (χ3n) is 5.93. The van der Waals surface area contributed by atoms with Crippen LogP contribution in [0, 0.1) is 5.92 Å². The van der Waals surface area contributed by atoms with Crippen molar-refractivity contribution in [2.75, 3.05) is 12.4 Å². The molecule has 1 fully saturated rings. The molecule has 1 N–H and O–H groups in total. The third-order valence-corrected chi connectivity index (χ3v) is 5.93. The molecule has 0 saturated heterocycles. The average molecular weight is 408 g/mol. The first-order chi connectivity index (χ1) is 14.5. The van der Waals surface area contributed by atoms with Gasteiger partial charge in [-0.05, 0) is 44.0 Å². The van der Waals surface area contributed by atoms with Gasteiger partial charge in [-0.2, -0.15) is 0 Å². The smallest absolute Gasteiger partial charge is 0.263 e. The molecule has 0 aromatic heterocycles. The van der Waals surface area contributed by atoms with Crippen LogP contribution in [-0.2, 0) is 22.7 Å². The van der Waals surface area contributed by atoms with Gasteiger partial charge in [-0.3, -0.25) is 9.59 Å². The maximum absolute atomic E-state index is 12.9. The van der Waals surface area contributed by atoms with Gasteiger partial charge in [0.05, 0.1) is 7.11 Å². The molecule has 1 heterocycles. The van der Waals surface area contributed by atoms with E-state index in [0.29, 0.717) is 18.8 Å². The molecule has 2 amide bonds. The first-order valence-corrected chi connectivity index (χ1v) is 10.6. The van der Waals surface area contributed by atoms with Crippen molar-refractivity contribution in [3.8, 4) is 11.5 Å². The standard InChI is InChI=1S/C24H28N2O4/c1-16-24(28)26(14-18-9-5-6-10-21(18)29-2)15-19-13-20(11-12-22(19)30-16)25-23(27)17-7-3-4-8-17/h5-6,9-13,16-17H,3-4,7-8,14-15H2,1-2H3,(H,25,27)/t16-/m0/s1. The topological polar surface area (TPSA) is 67.9 Å². The van der Waals surface area contributed by atoms with Gasteiger partial charge in [0.2, 0.25) is 5.91 Å². The van der Waals surface area contributed by atoms with Crippen molar-refractivity contribution >= 4 is 17.5 Å². The number of ether oxygens (including phenoxy) is 2. The second-order valence-electron chi connectivity index (χ2n) is 8.06. The Morgan fingerprint density at radius 3 is 2.73 bits per heavy atom. The van der Waals surface area contributed by atoms with Crippen LogP contribution in [0.25, 0.3) is 0 Å². The molecule has 158 valence electrons. The molecule has 2 aliphatic rings. The van der Waals surface area contributed by atoms with E-state index in [1.54, 1.807) is 18.9 Å². The number of amides is 2. The maximum atomic E-state index is 12.9. The zero-order chi connectivity index (χ0) is 21.1. The maximum Gasteiger partial charge on any atom is 0.263 e. The van der Waals surface area contributed by atoms with Crippen LogP contribution in [0.3, 0.4) is 0 Å². The van der Waals surface area contributed by atoms with Crippen molar-refractivity contribution in [3.63, 3.8) is 0 Å². The van der Waals surface area contributed by atoms with Crippen LogP contribution in [0.2, 0.25) is 0 Å². The minimum Gasteiger partial charge on any atom is -0.496 e. The molecule has 30 heavy (non-hydrogen) atoms.